The molecule has 0 amide bonds. The van der Waals surface area contributed by atoms with Gasteiger partial charge in [-0.05, 0) is 5.56 Å². The zero-order valence-corrected chi connectivity index (χ0v) is 10.1. The SMILES string of the molecule is O=C[C@H]1OC(OCc2ccccc2)[C@H](O)[C@@H](O)[C@H]1O. The molecule has 3 N–H and O–H groups in total. The summed E-state index contributed by atoms with van der Waals surface area (Å²) in [7, 11) is 0. The lowest BCUT2D eigenvalue weighted by atomic mass is 10.00. The lowest BCUT2D eigenvalue weighted by Gasteiger charge is -2.38. The van der Waals surface area contributed by atoms with Gasteiger partial charge in [-0.3, -0.25) is 0 Å². The van der Waals surface area contributed by atoms with E-state index in [1.807, 2.05) is 30.3 Å². The van der Waals surface area contributed by atoms with E-state index < -0.39 is 30.7 Å². The fourth-order valence-electron chi connectivity index (χ4n) is 1.88. The van der Waals surface area contributed by atoms with Gasteiger partial charge in [-0.1, -0.05) is 30.3 Å². The van der Waals surface area contributed by atoms with E-state index in [4.69, 9.17) is 9.47 Å². The first-order chi connectivity index (χ1) is 9.13. The van der Waals surface area contributed by atoms with E-state index in [1.54, 1.807) is 0 Å². The summed E-state index contributed by atoms with van der Waals surface area (Å²) in [5, 5.41) is 28.8. The zero-order chi connectivity index (χ0) is 13.8. The molecule has 5 atom stereocenters. The predicted molar refractivity (Wildman–Crippen MR) is 64.0 cm³/mol. The Morgan fingerprint density at radius 3 is 2.42 bits per heavy atom. The highest BCUT2D eigenvalue weighted by Crippen LogP contribution is 2.22. The van der Waals surface area contributed by atoms with Gasteiger partial charge in [-0.15, -0.1) is 0 Å². The molecule has 6 heteroatoms. The number of hydrogen-bond donors (Lipinski definition) is 3. The number of aldehydes is 1. The third kappa shape index (κ3) is 3.17. The van der Waals surface area contributed by atoms with Crippen LogP contribution >= 0.6 is 0 Å². The van der Waals surface area contributed by atoms with Crippen molar-refractivity contribution in [2.24, 2.45) is 0 Å². The fourth-order valence-corrected chi connectivity index (χ4v) is 1.88. The first kappa shape index (κ1) is 14.1. The van der Waals surface area contributed by atoms with Gasteiger partial charge in [-0.25, -0.2) is 0 Å². The van der Waals surface area contributed by atoms with E-state index in [-0.39, 0.29) is 6.61 Å². The normalized spacial score (nSPS) is 35.0. The molecule has 1 heterocycles. The number of carbonyl (C=O) groups is 1. The van der Waals surface area contributed by atoms with Crippen LogP contribution in [0, 0.1) is 0 Å². The minimum atomic E-state index is -1.48. The lowest BCUT2D eigenvalue weighted by Crippen LogP contribution is -2.58. The van der Waals surface area contributed by atoms with Crippen molar-refractivity contribution in [3.05, 3.63) is 35.9 Å². The van der Waals surface area contributed by atoms with Crippen molar-refractivity contribution in [1.82, 2.24) is 0 Å². The summed E-state index contributed by atoms with van der Waals surface area (Å²) in [6.45, 7) is 0.164. The van der Waals surface area contributed by atoms with Crippen molar-refractivity contribution in [2.45, 2.75) is 37.3 Å². The highest BCUT2D eigenvalue weighted by Gasteiger charge is 2.44. The number of ether oxygens (including phenoxy) is 2. The summed E-state index contributed by atoms with van der Waals surface area (Å²) in [6.07, 6.45) is -6.34. The molecule has 0 radical (unpaired) electrons. The van der Waals surface area contributed by atoms with Crippen molar-refractivity contribution in [2.75, 3.05) is 0 Å². The minimum absolute atomic E-state index is 0.164. The topological polar surface area (TPSA) is 96.2 Å². The molecular formula is C13H16O6. The number of benzene rings is 1. The molecule has 0 aliphatic carbocycles. The van der Waals surface area contributed by atoms with Crippen LogP contribution in [0.25, 0.3) is 0 Å². The number of rotatable bonds is 4. The van der Waals surface area contributed by atoms with Gasteiger partial charge in [0, 0.05) is 0 Å². The molecule has 1 saturated heterocycles. The Morgan fingerprint density at radius 2 is 1.79 bits per heavy atom. The van der Waals surface area contributed by atoms with Crippen LogP contribution in [-0.2, 0) is 20.9 Å². The molecule has 1 unspecified atom stereocenters. The Balaban J connectivity index is 1.97. The minimum Gasteiger partial charge on any atom is -0.387 e. The largest absolute Gasteiger partial charge is 0.387 e. The highest BCUT2D eigenvalue weighted by molar-refractivity contribution is 5.57. The fraction of sp³-hybridized carbons (Fsp3) is 0.462. The van der Waals surface area contributed by atoms with Gasteiger partial charge in [0.1, 0.15) is 24.4 Å². The van der Waals surface area contributed by atoms with Crippen molar-refractivity contribution < 1.29 is 29.6 Å². The smallest absolute Gasteiger partial charge is 0.187 e. The highest BCUT2D eigenvalue weighted by atomic mass is 16.7. The van der Waals surface area contributed by atoms with Crippen LogP contribution in [0.15, 0.2) is 30.3 Å². The summed E-state index contributed by atoms with van der Waals surface area (Å²) in [6, 6.07) is 9.20. The Morgan fingerprint density at radius 1 is 1.11 bits per heavy atom. The summed E-state index contributed by atoms with van der Waals surface area (Å²) in [4.78, 5) is 10.7. The van der Waals surface area contributed by atoms with Crippen LogP contribution < -0.4 is 0 Å². The van der Waals surface area contributed by atoms with E-state index >= 15 is 0 Å². The number of carbonyl (C=O) groups excluding carboxylic acids is 1. The lowest BCUT2D eigenvalue weighted by molar-refractivity contribution is -0.291. The molecule has 19 heavy (non-hydrogen) atoms. The van der Waals surface area contributed by atoms with Crippen LogP contribution in [-0.4, -0.2) is 52.3 Å². The van der Waals surface area contributed by atoms with E-state index in [0.717, 1.165) is 5.56 Å². The summed E-state index contributed by atoms with van der Waals surface area (Å²) >= 11 is 0. The maximum absolute atomic E-state index is 10.7. The maximum Gasteiger partial charge on any atom is 0.187 e. The molecule has 1 aliphatic rings. The van der Waals surface area contributed by atoms with Crippen molar-refractivity contribution in [3.8, 4) is 0 Å². The average molecular weight is 268 g/mol. The Hall–Kier alpha value is -1.31. The molecule has 1 aromatic rings. The maximum atomic E-state index is 10.7. The van der Waals surface area contributed by atoms with Crippen LogP contribution in [0.5, 0.6) is 0 Å². The second-order valence-electron chi connectivity index (χ2n) is 4.37. The second kappa shape index (κ2) is 6.23. The predicted octanol–water partition coefficient (Wildman–Crippen LogP) is -0.790. The molecule has 2 rings (SSSR count). The Kier molecular flexibility index (Phi) is 4.62. The summed E-state index contributed by atoms with van der Waals surface area (Å²) in [5.41, 5.74) is 0.863. The van der Waals surface area contributed by atoms with Crippen molar-refractivity contribution in [3.63, 3.8) is 0 Å². The van der Waals surface area contributed by atoms with Gasteiger partial charge in [-0.2, -0.15) is 0 Å². The molecule has 0 bridgehead atoms. The van der Waals surface area contributed by atoms with Crippen molar-refractivity contribution in [1.29, 1.82) is 0 Å². The van der Waals surface area contributed by atoms with Crippen LogP contribution in [0.1, 0.15) is 5.56 Å². The third-order valence-electron chi connectivity index (χ3n) is 3.00. The van der Waals surface area contributed by atoms with Gasteiger partial charge >= 0.3 is 0 Å². The molecule has 0 aromatic heterocycles. The molecule has 0 saturated carbocycles. The molecule has 0 spiro atoms. The first-order valence-corrected chi connectivity index (χ1v) is 5.94. The van der Waals surface area contributed by atoms with Crippen LogP contribution in [0.4, 0.5) is 0 Å². The molecular weight excluding hydrogens is 252 g/mol. The van der Waals surface area contributed by atoms with Crippen LogP contribution in [0.2, 0.25) is 0 Å². The summed E-state index contributed by atoms with van der Waals surface area (Å²) in [5.74, 6) is 0. The number of aliphatic hydroxyl groups excluding tert-OH is 3. The van der Waals surface area contributed by atoms with Gasteiger partial charge in [0.15, 0.2) is 12.6 Å². The Labute approximate surface area is 110 Å². The quantitative estimate of drug-likeness (QED) is 0.619. The zero-order valence-electron chi connectivity index (χ0n) is 10.1. The van der Waals surface area contributed by atoms with E-state index in [9.17, 15) is 20.1 Å². The van der Waals surface area contributed by atoms with E-state index in [1.165, 1.54) is 0 Å². The van der Waals surface area contributed by atoms with Gasteiger partial charge in [0.2, 0.25) is 0 Å². The van der Waals surface area contributed by atoms with E-state index in [2.05, 4.69) is 0 Å². The Bertz CT molecular complexity index is 409. The van der Waals surface area contributed by atoms with Gasteiger partial charge in [0.05, 0.1) is 6.61 Å². The molecule has 1 aromatic carbocycles. The standard InChI is InChI=1S/C13H16O6/c14-6-9-10(15)11(16)12(17)13(19-9)18-7-8-4-2-1-3-5-8/h1-6,9-13,15-17H,7H2/t9-,10+,11+,12-,13?/m1/s1. The molecule has 104 valence electrons. The second-order valence-corrected chi connectivity index (χ2v) is 4.37. The van der Waals surface area contributed by atoms with Gasteiger partial charge in [0.25, 0.3) is 0 Å². The third-order valence-corrected chi connectivity index (χ3v) is 3.00. The summed E-state index contributed by atoms with van der Waals surface area (Å²) < 4.78 is 10.4. The van der Waals surface area contributed by atoms with E-state index in [0.29, 0.717) is 6.29 Å². The number of hydrogen-bond acceptors (Lipinski definition) is 6. The van der Waals surface area contributed by atoms with Gasteiger partial charge < -0.3 is 29.6 Å². The molecule has 6 nitrogen and oxygen atoms in total. The molecule has 1 fully saturated rings. The van der Waals surface area contributed by atoms with Crippen LogP contribution in [0.3, 0.4) is 0 Å². The number of aliphatic hydroxyl groups is 3. The average Bonchev–Trinajstić information content (AvgIpc) is 2.45. The first-order valence-electron chi connectivity index (χ1n) is 5.94. The van der Waals surface area contributed by atoms with Crippen molar-refractivity contribution >= 4 is 6.29 Å². The molecule has 1 aliphatic heterocycles. The monoisotopic (exact) mass is 268 g/mol.